The van der Waals surface area contributed by atoms with Crippen molar-refractivity contribution in [2.75, 3.05) is 36.8 Å². The summed E-state index contributed by atoms with van der Waals surface area (Å²) in [5.41, 5.74) is 5.69. The molecule has 0 saturated carbocycles. The maximum Gasteiger partial charge on any atom is 0.244 e. The van der Waals surface area contributed by atoms with E-state index in [1.807, 2.05) is 17.5 Å². The molecule has 0 bridgehead atoms. The van der Waals surface area contributed by atoms with Gasteiger partial charge >= 0.3 is 0 Å². The number of hydrogen-bond donors (Lipinski definition) is 1. The number of anilines is 2. The normalized spacial score (nSPS) is 16.8. The molecule has 1 unspecified atom stereocenters. The highest BCUT2D eigenvalue weighted by atomic mass is 35.5. The molecule has 0 spiro atoms. The van der Waals surface area contributed by atoms with Crippen LogP contribution in [0, 0.1) is 0 Å². The molecular formula is C16H18ClN7OS. The van der Waals surface area contributed by atoms with Crippen molar-refractivity contribution in [3.8, 4) is 10.7 Å². The van der Waals surface area contributed by atoms with Crippen LogP contribution in [0.4, 0.5) is 11.8 Å². The van der Waals surface area contributed by atoms with Crippen LogP contribution in [0.2, 0.25) is 5.15 Å². The number of hydrogen-bond acceptors (Lipinski definition) is 9. The van der Waals surface area contributed by atoms with Gasteiger partial charge in [-0.15, -0.1) is 11.3 Å². The van der Waals surface area contributed by atoms with E-state index in [2.05, 4.69) is 36.8 Å². The van der Waals surface area contributed by atoms with E-state index in [0.29, 0.717) is 16.9 Å². The summed E-state index contributed by atoms with van der Waals surface area (Å²) in [6.45, 7) is 5.39. The van der Waals surface area contributed by atoms with Gasteiger partial charge in [0.1, 0.15) is 11.0 Å². The molecule has 4 heterocycles. The predicted molar refractivity (Wildman–Crippen MR) is 101 cm³/mol. The van der Waals surface area contributed by atoms with Crippen LogP contribution < -0.4 is 10.6 Å². The minimum Gasteiger partial charge on any atom is -0.368 e. The molecule has 1 atom stereocenters. The lowest BCUT2D eigenvalue weighted by Gasteiger charge is -2.37. The molecule has 1 saturated heterocycles. The van der Waals surface area contributed by atoms with Crippen LogP contribution in [-0.4, -0.2) is 51.2 Å². The van der Waals surface area contributed by atoms with Gasteiger partial charge in [-0.2, -0.15) is 9.97 Å². The topological polar surface area (TPSA) is 97.2 Å². The lowest BCUT2D eigenvalue weighted by Crippen LogP contribution is -2.47. The summed E-state index contributed by atoms with van der Waals surface area (Å²) in [6.07, 6.45) is 0. The first kappa shape index (κ1) is 17.2. The van der Waals surface area contributed by atoms with Crippen LogP contribution in [0.1, 0.15) is 18.9 Å². The third-order valence-corrected chi connectivity index (χ3v) is 5.48. The molecule has 4 rings (SSSR count). The maximum absolute atomic E-state index is 5.98. The summed E-state index contributed by atoms with van der Waals surface area (Å²) in [5, 5.41) is 6.46. The number of nitrogens with zero attached hydrogens (tertiary/aromatic N) is 6. The van der Waals surface area contributed by atoms with Crippen molar-refractivity contribution in [2.45, 2.75) is 13.0 Å². The number of rotatable bonds is 4. The molecule has 2 N–H and O–H groups in total. The Hall–Kier alpha value is -2.23. The van der Waals surface area contributed by atoms with E-state index >= 15 is 0 Å². The second-order valence-electron chi connectivity index (χ2n) is 6.04. The Morgan fingerprint density at radius 2 is 2.04 bits per heavy atom. The molecule has 1 aliphatic rings. The van der Waals surface area contributed by atoms with E-state index in [1.165, 1.54) is 0 Å². The van der Waals surface area contributed by atoms with Gasteiger partial charge in [-0.25, -0.2) is 4.98 Å². The van der Waals surface area contributed by atoms with E-state index in [-0.39, 0.29) is 12.0 Å². The maximum atomic E-state index is 5.98. The fraction of sp³-hybridized carbons (Fsp3) is 0.375. The number of aromatic nitrogens is 4. The minimum atomic E-state index is 0.0532. The van der Waals surface area contributed by atoms with Gasteiger partial charge in [0.2, 0.25) is 17.7 Å². The van der Waals surface area contributed by atoms with Gasteiger partial charge in [-0.05, 0) is 18.4 Å². The average molecular weight is 392 g/mol. The zero-order valence-corrected chi connectivity index (χ0v) is 15.7. The largest absolute Gasteiger partial charge is 0.368 e. The molecule has 0 radical (unpaired) electrons. The van der Waals surface area contributed by atoms with Crippen LogP contribution in [0.25, 0.3) is 10.7 Å². The molecule has 10 heteroatoms. The predicted octanol–water partition coefficient (Wildman–Crippen LogP) is 2.71. The summed E-state index contributed by atoms with van der Waals surface area (Å²) < 4.78 is 5.48. The molecule has 0 aliphatic carbocycles. The lowest BCUT2D eigenvalue weighted by molar-refractivity contribution is 0.164. The summed E-state index contributed by atoms with van der Waals surface area (Å²) in [4.78, 5) is 18.2. The van der Waals surface area contributed by atoms with E-state index < -0.39 is 0 Å². The molecular weight excluding hydrogens is 374 g/mol. The van der Waals surface area contributed by atoms with Crippen LogP contribution >= 0.6 is 22.9 Å². The third kappa shape index (κ3) is 3.50. The van der Waals surface area contributed by atoms with E-state index in [4.69, 9.17) is 21.9 Å². The molecule has 1 aliphatic heterocycles. The van der Waals surface area contributed by atoms with Crippen molar-refractivity contribution in [1.82, 2.24) is 25.0 Å². The van der Waals surface area contributed by atoms with E-state index in [9.17, 15) is 0 Å². The number of halogens is 1. The van der Waals surface area contributed by atoms with Crippen molar-refractivity contribution in [3.63, 3.8) is 0 Å². The Labute approximate surface area is 159 Å². The smallest absolute Gasteiger partial charge is 0.244 e. The average Bonchev–Trinajstić information content (AvgIpc) is 3.32. The van der Waals surface area contributed by atoms with Crippen LogP contribution in [0.3, 0.4) is 0 Å². The Morgan fingerprint density at radius 1 is 1.23 bits per heavy atom. The highest BCUT2D eigenvalue weighted by molar-refractivity contribution is 7.13. The lowest BCUT2D eigenvalue weighted by atomic mass is 10.2. The Kier molecular flexibility index (Phi) is 4.75. The van der Waals surface area contributed by atoms with Crippen LogP contribution in [-0.2, 0) is 0 Å². The molecule has 0 amide bonds. The fourth-order valence-corrected chi connectivity index (χ4v) is 3.82. The number of thiophene rings is 1. The van der Waals surface area contributed by atoms with Crippen LogP contribution in [0.5, 0.6) is 0 Å². The molecule has 136 valence electrons. The van der Waals surface area contributed by atoms with E-state index in [0.717, 1.165) is 36.9 Å². The quantitative estimate of drug-likeness (QED) is 0.678. The summed E-state index contributed by atoms with van der Waals surface area (Å²) in [7, 11) is 0. The van der Waals surface area contributed by atoms with Gasteiger partial charge < -0.3 is 15.2 Å². The Bertz CT molecular complexity index is 856. The van der Waals surface area contributed by atoms with Crippen molar-refractivity contribution in [1.29, 1.82) is 0 Å². The standard InChI is InChI=1S/C16H18ClN7OS/c1-10(15-21-14(22-25-15)11-3-2-8-26-11)23-4-6-24(7-5-23)13-9-12(17)19-16(18)20-13/h2-3,8-10H,4-7H2,1H3,(H2,18,19,20). The van der Waals surface area contributed by atoms with Crippen molar-refractivity contribution in [3.05, 3.63) is 34.6 Å². The second-order valence-corrected chi connectivity index (χ2v) is 7.37. The highest BCUT2D eigenvalue weighted by Crippen LogP contribution is 2.27. The first-order valence-corrected chi connectivity index (χ1v) is 9.52. The number of nitrogen functional groups attached to an aromatic ring is 1. The molecule has 0 aromatic carbocycles. The molecule has 26 heavy (non-hydrogen) atoms. The molecule has 1 fully saturated rings. The molecule has 3 aromatic heterocycles. The minimum absolute atomic E-state index is 0.0532. The van der Waals surface area contributed by atoms with Crippen molar-refractivity contribution in [2.24, 2.45) is 0 Å². The summed E-state index contributed by atoms with van der Waals surface area (Å²) in [6, 6.07) is 5.76. The van der Waals surface area contributed by atoms with Gasteiger partial charge in [0.25, 0.3) is 0 Å². The van der Waals surface area contributed by atoms with Gasteiger partial charge in [0.15, 0.2) is 0 Å². The fourth-order valence-electron chi connectivity index (χ4n) is 2.99. The van der Waals surface area contributed by atoms with Crippen LogP contribution in [0.15, 0.2) is 28.1 Å². The molecule has 8 nitrogen and oxygen atoms in total. The zero-order chi connectivity index (χ0) is 18.1. The Balaban J connectivity index is 1.41. The summed E-state index contributed by atoms with van der Waals surface area (Å²) in [5.74, 6) is 2.23. The van der Waals surface area contributed by atoms with E-state index in [1.54, 1.807) is 17.4 Å². The first-order chi connectivity index (χ1) is 12.6. The summed E-state index contributed by atoms with van der Waals surface area (Å²) >= 11 is 7.58. The molecule has 3 aromatic rings. The van der Waals surface area contributed by atoms with Gasteiger partial charge in [-0.3, -0.25) is 4.90 Å². The van der Waals surface area contributed by atoms with Gasteiger partial charge in [0.05, 0.1) is 10.9 Å². The second kappa shape index (κ2) is 7.18. The highest BCUT2D eigenvalue weighted by Gasteiger charge is 2.27. The Morgan fingerprint density at radius 3 is 2.73 bits per heavy atom. The third-order valence-electron chi connectivity index (χ3n) is 4.43. The number of nitrogens with two attached hydrogens (primary N) is 1. The van der Waals surface area contributed by atoms with Gasteiger partial charge in [0, 0.05) is 32.2 Å². The zero-order valence-electron chi connectivity index (χ0n) is 14.2. The SMILES string of the molecule is CC(c1nc(-c2cccs2)no1)N1CCN(c2cc(Cl)nc(N)n2)CC1. The van der Waals surface area contributed by atoms with Gasteiger partial charge in [-0.1, -0.05) is 22.8 Å². The van der Waals surface area contributed by atoms with Crippen molar-refractivity contribution >= 4 is 34.7 Å². The monoisotopic (exact) mass is 391 g/mol. The van der Waals surface area contributed by atoms with Crippen molar-refractivity contribution < 1.29 is 4.52 Å². The number of piperazine rings is 1. The first-order valence-electron chi connectivity index (χ1n) is 8.26.